The van der Waals surface area contributed by atoms with Crippen molar-refractivity contribution in [2.24, 2.45) is 0 Å². The third-order valence-corrected chi connectivity index (χ3v) is 2.90. The van der Waals surface area contributed by atoms with Crippen LogP contribution < -0.4 is 0 Å². The summed E-state index contributed by atoms with van der Waals surface area (Å²) < 4.78 is 15.3. The quantitative estimate of drug-likeness (QED) is 0.772. The molecule has 0 unspecified atom stereocenters. The molecule has 0 saturated carbocycles. The highest BCUT2D eigenvalue weighted by Gasteiger charge is 2.09. The fourth-order valence-corrected chi connectivity index (χ4v) is 1.91. The van der Waals surface area contributed by atoms with Crippen molar-refractivity contribution in [3.63, 3.8) is 0 Å². The monoisotopic (exact) mass is 258 g/mol. The Kier molecular flexibility index (Phi) is 3.46. The van der Waals surface area contributed by atoms with Crippen LogP contribution in [0.2, 0.25) is 5.02 Å². The van der Waals surface area contributed by atoms with Crippen LogP contribution in [-0.2, 0) is 12.4 Å². The van der Waals surface area contributed by atoms with Crippen LogP contribution in [0.1, 0.15) is 11.4 Å². The summed E-state index contributed by atoms with van der Waals surface area (Å²) in [6.07, 6.45) is 3.38. The van der Waals surface area contributed by atoms with Crippen LogP contribution in [-0.4, -0.2) is 9.55 Å². The Balaban J connectivity index is 2.34. The Morgan fingerprint density at radius 3 is 2.88 bits per heavy atom. The molecule has 1 aromatic heterocycles. The predicted octanol–water partition coefficient (Wildman–Crippen LogP) is 3.46. The van der Waals surface area contributed by atoms with Crippen molar-refractivity contribution >= 4 is 23.2 Å². The van der Waals surface area contributed by atoms with Crippen molar-refractivity contribution in [1.29, 1.82) is 0 Å². The highest BCUT2D eigenvalue weighted by Crippen LogP contribution is 2.20. The molecule has 0 N–H and O–H groups in total. The molecule has 0 aliphatic rings. The van der Waals surface area contributed by atoms with Crippen molar-refractivity contribution in [3.8, 4) is 0 Å². The highest BCUT2D eigenvalue weighted by atomic mass is 35.5. The first kappa shape index (κ1) is 11.4. The molecule has 2 aromatic rings. The van der Waals surface area contributed by atoms with Gasteiger partial charge in [0.25, 0.3) is 0 Å². The van der Waals surface area contributed by atoms with Crippen LogP contribution in [0.25, 0.3) is 0 Å². The number of benzene rings is 1. The zero-order valence-corrected chi connectivity index (χ0v) is 9.84. The number of nitrogens with zero attached hydrogens (tertiary/aromatic N) is 2. The van der Waals surface area contributed by atoms with Crippen molar-refractivity contribution in [1.82, 2.24) is 9.55 Å². The van der Waals surface area contributed by atoms with Gasteiger partial charge in [0.15, 0.2) is 0 Å². The van der Waals surface area contributed by atoms with Gasteiger partial charge in [0.2, 0.25) is 0 Å². The number of imidazole rings is 1. The smallest absolute Gasteiger partial charge is 0.129 e. The van der Waals surface area contributed by atoms with Gasteiger partial charge in [-0.15, -0.1) is 11.6 Å². The molecule has 2 nitrogen and oxygen atoms in total. The molecular weight excluding hydrogens is 250 g/mol. The minimum absolute atomic E-state index is 0.291. The van der Waals surface area contributed by atoms with Crippen LogP contribution in [0.3, 0.4) is 0 Å². The number of hydrogen-bond acceptors (Lipinski definition) is 1. The van der Waals surface area contributed by atoms with Gasteiger partial charge < -0.3 is 4.57 Å². The van der Waals surface area contributed by atoms with Gasteiger partial charge in [0.05, 0.1) is 12.4 Å². The lowest BCUT2D eigenvalue weighted by molar-refractivity contribution is 0.596. The van der Waals surface area contributed by atoms with Gasteiger partial charge >= 0.3 is 0 Å². The van der Waals surface area contributed by atoms with E-state index in [4.69, 9.17) is 23.2 Å². The number of aromatic nitrogens is 2. The first-order valence-electron chi connectivity index (χ1n) is 4.71. The van der Waals surface area contributed by atoms with Crippen molar-refractivity contribution < 1.29 is 4.39 Å². The lowest BCUT2D eigenvalue weighted by Crippen LogP contribution is -2.05. The van der Waals surface area contributed by atoms with E-state index in [0.717, 1.165) is 0 Å². The summed E-state index contributed by atoms with van der Waals surface area (Å²) in [5, 5.41) is 0.411. The van der Waals surface area contributed by atoms with Crippen LogP contribution in [0.4, 0.5) is 4.39 Å². The topological polar surface area (TPSA) is 17.8 Å². The van der Waals surface area contributed by atoms with Gasteiger partial charge in [-0.05, 0) is 12.1 Å². The molecular formula is C11H9Cl2FN2. The first-order valence-corrected chi connectivity index (χ1v) is 5.62. The van der Waals surface area contributed by atoms with Crippen LogP contribution >= 0.6 is 23.2 Å². The maximum Gasteiger partial charge on any atom is 0.129 e. The molecule has 0 aliphatic heterocycles. The van der Waals surface area contributed by atoms with E-state index in [1.165, 1.54) is 6.07 Å². The van der Waals surface area contributed by atoms with E-state index in [2.05, 4.69) is 4.98 Å². The summed E-state index contributed by atoms with van der Waals surface area (Å²) in [6.45, 7) is 0.341. The molecule has 1 heterocycles. The standard InChI is InChI=1S/C11H9Cl2FN2/c12-6-11-15-4-5-16(11)7-8-9(13)2-1-3-10(8)14/h1-5H,6-7H2. The zero-order valence-electron chi connectivity index (χ0n) is 8.33. The predicted molar refractivity (Wildman–Crippen MR) is 62.3 cm³/mol. The van der Waals surface area contributed by atoms with Gasteiger partial charge in [0.1, 0.15) is 11.6 Å². The summed E-state index contributed by atoms with van der Waals surface area (Å²) in [6, 6.07) is 4.63. The maximum absolute atomic E-state index is 13.5. The second-order valence-corrected chi connectivity index (χ2v) is 3.98. The van der Waals surface area contributed by atoms with E-state index in [9.17, 15) is 4.39 Å². The number of halogens is 3. The summed E-state index contributed by atoms with van der Waals surface area (Å²) in [5.41, 5.74) is 0.452. The summed E-state index contributed by atoms with van der Waals surface area (Å²) in [4.78, 5) is 4.06. The van der Waals surface area contributed by atoms with Gasteiger partial charge in [-0.1, -0.05) is 17.7 Å². The molecule has 2 rings (SSSR count). The molecule has 0 aliphatic carbocycles. The molecule has 0 fully saturated rings. The third-order valence-electron chi connectivity index (χ3n) is 2.31. The molecule has 0 bridgehead atoms. The van der Waals surface area contributed by atoms with E-state index in [-0.39, 0.29) is 5.82 Å². The fourth-order valence-electron chi connectivity index (χ4n) is 1.47. The lowest BCUT2D eigenvalue weighted by Gasteiger charge is -2.08. The summed E-state index contributed by atoms with van der Waals surface area (Å²) >= 11 is 11.6. The molecule has 0 radical (unpaired) electrons. The molecule has 0 spiro atoms. The average Bonchev–Trinajstić information content (AvgIpc) is 2.71. The second kappa shape index (κ2) is 4.85. The second-order valence-electron chi connectivity index (χ2n) is 3.31. The normalized spacial score (nSPS) is 10.7. The summed E-state index contributed by atoms with van der Waals surface area (Å²) in [5.74, 6) is 0.668. The molecule has 16 heavy (non-hydrogen) atoms. The Bertz CT molecular complexity index is 476. The number of rotatable bonds is 3. The Hall–Kier alpha value is -1.06. The van der Waals surface area contributed by atoms with E-state index in [1.807, 2.05) is 0 Å². The minimum Gasteiger partial charge on any atom is -0.329 e. The highest BCUT2D eigenvalue weighted by molar-refractivity contribution is 6.31. The van der Waals surface area contributed by atoms with E-state index < -0.39 is 0 Å². The van der Waals surface area contributed by atoms with Crippen molar-refractivity contribution in [2.75, 3.05) is 0 Å². The minimum atomic E-state index is -0.318. The number of hydrogen-bond donors (Lipinski definition) is 0. The van der Waals surface area contributed by atoms with Crippen LogP contribution in [0.5, 0.6) is 0 Å². The molecule has 0 atom stereocenters. The third kappa shape index (κ3) is 2.20. The molecule has 1 aromatic carbocycles. The SMILES string of the molecule is Fc1cccc(Cl)c1Cn1ccnc1CCl. The van der Waals surface area contributed by atoms with Crippen molar-refractivity contribution in [2.45, 2.75) is 12.4 Å². The average molecular weight is 259 g/mol. The zero-order chi connectivity index (χ0) is 11.5. The Labute approximate surface area is 103 Å². The van der Waals surface area contributed by atoms with Crippen LogP contribution in [0, 0.1) is 5.82 Å². The Morgan fingerprint density at radius 2 is 2.19 bits per heavy atom. The molecule has 84 valence electrons. The van der Waals surface area contributed by atoms with Gasteiger partial charge in [0, 0.05) is 23.0 Å². The maximum atomic E-state index is 13.5. The fraction of sp³-hybridized carbons (Fsp3) is 0.182. The van der Waals surface area contributed by atoms with E-state index in [1.54, 1.807) is 29.1 Å². The number of alkyl halides is 1. The van der Waals surface area contributed by atoms with Crippen LogP contribution in [0.15, 0.2) is 30.6 Å². The largest absolute Gasteiger partial charge is 0.329 e. The van der Waals surface area contributed by atoms with Gasteiger partial charge in [-0.2, -0.15) is 0 Å². The van der Waals surface area contributed by atoms with E-state index >= 15 is 0 Å². The van der Waals surface area contributed by atoms with Gasteiger partial charge in [-0.25, -0.2) is 9.37 Å². The molecule has 0 amide bonds. The molecule has 5 heteroatoms. The van der Waals surface area contributed by atoms with Gasteiger partial charge in [-0.3, -0.25) is 0 Å². The van der Waals surface area contributed by atoms with E-state index in [0.29, 0.717) is 28.8 Å². The lowest BCUT2D eigenvalue weighted by atomic mass is 10.2. The molecule has 0 saturated heterocycles. The Morgan fingerprint density at radius 1 is 1.38 bits per heavy atom. The first-order chi connectivity index (χ1) is 7.72. The van der Waals surface area contributed by atoms with Crippen molar-refractivity contribution in [3.05, 3.63) is 52.8 Å². The summed E-state index contributed by atoms with van der Waals surface area (Å²) in [7, 11) is 0.